The first-order chi connectivity index (χ1) is 24.5. The number of halogens is 5. The van der Waals surface area contributed by atoms with Gasteiger partial charge in [0.1, 0.15) is 17.6 Å². The van der Waals surface area contributed by atoms with Crippen LogP contribution in [0.5, 0.6) is 5.75 Å². The van der Waals surface area contributed by atoms with Gasteiger partial charge < -0.3 is 24.6 Å². The van der Waals surface area contributed by atoms with Crippen LogP contribution >= 0.6 is 0 Å². The first-order valence-corrected chi connectivity index (χ1v) is 16.9. The summed E-state index contributed by atoms with van der Waals surface area (Å²) in [5.41, 5.74) is -3.07. The van der Waals surface area contributed by atoms with Crippen molar-refractivity contribution in [2.24, 2.45) is 5.41 Å². The molecule has 0 radical (unpaired) electrons. The van der Waals surface area contributed by atoms with Crippen molar-refractivity contribution in [3.05, 3.63) is 72.1 Å². The number of hydrogen-bond donors (Lipinski definition) is 2. The first kappa shape index (κ1) is 36.6. The highest BCUT2D eigenvalue weighted by Crippen LogP contribution is 2.43. The lowest BCUT2D eigenvalue weighted by Crippen LogP contribution is -2.39. The molecule has 2 fully saturated rings. The van der Waals surface area contributed by atoms with E-state index in [0.29, 0.717) is 54.7 Å². The topological polar surface area (TPSA) is 135 Å². The van der Waals surface area contributed by atoms with Gasteiger partial charge in [-0.3, -0.25) is 4.79 Å². The Morgan fingerprint density at radius 1 is 1.02 bits per heavy atom. The molecule has 1 amide bonds. The van der Waals surface area contributed by atoms with E-state index in [-0.39, 0.29) is 49.2 Å². The second kappa shape index (κ2) is 14.1. The average molecular weight is 728 g/mol. The second-order valence-corrected chi connectivity index (χ2v) is 14.2. The van der Waals surface area contributed by atoms with Gasteiger partial charge in [0.25, 0.3) is 5.91 Å². The highest BCUT2D eigenvalue weighted by Gasteiger charge is 2.40. The zero-order valence-corrected chi connectivity index (χ0v) is 28.8. The molecule has 4 heterocycles. The summed E-state index contributed by atoms with van der Waals surface area (Å²) in [4.78, 5) is 43.4. The molecule has 276 valence electrons. The fourth-order valence-corrected chi connectivity index (χ4v) is 6.58. The van der Waals surface area contributed by atoms with Crippen molar-refractivity contribution < 1.29 is 41.4 Å². The van der Waals surface area contributed by atoms with Crippen LogP contribution in [0.3, 0.4) is 0 Å². The van der Waals surface area contributed by atoms with Crippen molar-refractivity contribution in [1.82, 2.24) is 29.8 Å². The molecule has 2 aliphatic rings. The summed E-state index contributed by atoms with van der Waals surface area (Å²) < 4.78 is 79.8. The van der Waals surface area contributed by atoms with Crippen LogP contribution < -0.4 is 15.0 Å². The number of nitrogens with zero attached hydrogens (tertiary/aromatic N) is 6. The van der Waals surface area contributed by atoms with Gasteiger partial charge in [0, 0.05) is 86.6 Å². The van der Waals surface area contributed by atoms with Gasteiger partial charge >= 0.3 is 12.1 Å². The molecule has 1 saturated heterocycles. The standard InChI is InChI=1S/C36H38F5N7O4/c1-34(2,3)18-27(32(50)51)45-31(49)25-19-44-30(46-29(25)36(39,40)41)26-20-48(21-7-11-35(37,38)12-8-21)28-17-23(5-6-24(26)28)52-22-9-15-47(16-10-22)33-42-13-4-14-43-33/h4-6,13-14,17-22H,7-12,15-16H2,1-3H3,(H,45,49)(H,50,51)/b27-18+. The van der Waals surface area contributed by atoms with Gasteiger partial charge in [0.2, 0.25) is 11.9 Å². The van der Waals surface area contributed by atoms with Gasteiger partial charge in [-0.1, -0.05) is 20.8 Å². The number of carbonyl (C=O) groups excluding carboxylic acids is 1. The molecule has 16 heteroatoms. The van der Waals surface area contributed by atoms with E-state index < -0.39 is 46.3 Å². The summed E-state index contributed by atoms with van der Waals surface area (Å²) in [7, 11) is 0. The highest BCUT2D eigenvalue weighted by atomic mass is 19.4. The number of carboxylic acids is 1. The Bertz CT molecular complexity index is 1970. The number of benzene rings is 1. The number of hydrogen-bond acceptors (Lipinski definition) is 8. The number of allylic oxidation sites excluding steroid dienone is 1. The van der Waals surface area contributed by atoms with E-state index in [2.05, 4.69) is 24.8 Å². The summed E-state index contributed by atoms with van der Waals surface area (Å²) >= 11 is 0. The number of anilines is 1. The molecule has 0 unspecified atom stereocenters. The predicted molar refractivity (Wildman–Crippen MR) is 181 cm³/mol. The molecule has 2 N–H and O–H groups in total. The van der Waals surface area contributed by atoms with Crippen LogP contribution in [0, 0.1) is 5.41 Å². The normalized spacial score (nSPS) is 17.7. The number of ether oxygens (including phenoxy) is 1. The third-order valence-corrected chi connectivity index (χ3v) is 9.06. The Kier molecular flexibility index (Phi) is 9.94. The van der Waals surface area contributed by atoms with Gasteiger partial charge in [0.15, 0.2) is 11.5 Å². The number of carboxylic acid groups (broad SMARTS) is 1. The fourth-order valence-electron chi connectivity index (χ4n) is 6.58. The average Bonchev–Trinajstić information content (AvgIpc) is 3.46. The smallest absolute Gasteiger partial charge is 0.434 e. The summed E-state index contributed by atoms with van der Waals surface area (Å²) in [6, 6.07) is 6.49. The van der Waals surface area contributed by atoms with Crippen molar-refractivity contribution in [2.75, 3.05) is 18.0 Å². The van der Waals surface area contributed by atoms with Crippen molar-refractivity contribution in [1.29, 1.82) is 0 Å². The second-order valence-electron chi connectivity index (χ2n) is 14.2. The summed E-state index contributed by atoms with van der Waals surface area (Å²) in [6.45, 7) is 6.33. The molecule has 1 aromatic carbocycles. The third-order valence-electron chi connectivity index (χ3n) is 9.06. The van der Waals surface area contributed by atoms with Crippen molar-refractivity contribution in [3.8, 4) is 17.1 Å². The Hall–Kier alpha value is -5.15. The molecule has 0 atom stereocenters. The number of piperidine rings is 1. The molecule has 3 aromatic heterocycles. The Morgan fingerprint density at radius 3 is 2.31 bits per heavy atom. The van der Waals surface area contributed by atoms with E-state index in [1.54, 1.807) is 68.2 Å². The molecule has 11 nitrogen and oxygen atoms in total. The third kappa shape index (κ3) is 8.31. The van der Waals surface area contributed by atoms with Gasteiger partial charge in [-0.2, -0.15) is 13.2 Å². The van der Waals surface area contributed by atoms with E-state index in [4.69, 9.17) is 4.74 Å². The molecule has 0 bridgehead atoms. The zero-order valence-electron chi connectivity index (χ0n) is 28.8. The molecule has 0 spiro atoms. The predicted octanol–water partition coefficient (Wildman–Crippen LogP) is 7.45. The monoisotopic (exact) mass is 727 g/mol. The highest BCUT2D eigenvalue weighted by molar-refractivity contribution is 6.01. The van der Waals surface area contributed by atoms with E-state index in [0.717, 1.165) is 0 Å². The molecular formula is C36H38F5N7O4. The number of nitrogens with one attached hydrogen (secondary N) is 1. The van der Waals surface area contributed by atoms with Gasteiger partial charge in [-0.15, -0.1) is 0 Å². The Morgan fingerprint density at radius 2 is 1.69 bits per heavy atom. The van der Waals surface area contributed by atoms with Crippen molar-refractivity contribution in [2.45, 2.75) is 83.5 Å². The summed E-state index contributed by atoms with van der Waals surface area (Å²) in [6.07, 6.45) is 2.58. The fraction of sp³-hybridized carbons (Fsp3) is 0.444. The minimum Gasteiger partial charge on any atom is -0.490 e. The largest absolute Gasteiger partial charge is 0.490 e. The molecule has 1 aliphatic heterocycles. The van der Waals surface area contributed by atoms with Crippen LogP contribution in [0.25, 0.3) is 22.3 Å². The molecule has 1 aliphatic carbocycles. The Labute approximate surface area is 295 Å². The zero-order chi connectivity index (χ0) is 37.4. The lowest BCUT2D eigenvalue weighted by molar-refractivity contribution is -0.141. The lowest BCUT2D eigenvalue weighted by Gasteiger charge is -2.32. The molecule has 6 rings (SSSR count). The van der Waals surface area contributed by atoms with Crippen LogP contribution in [-0.2, 0) is 11.0 Å². The number of aromatic nitrogens is 5. The number of fused-ring (bicyclic) bond motifs is 1. The number of carbonyl (C=O) groups is 2. The van der Waals surface area contributed by atoms with Gasteiger partial charge in [0.05, 0.1) is 11.1 Å². The van der Waals surface area contributed by atoms with Gasteiger partial charge in [-0.25, -0.2) is 33.5 Å². The maximum atomic E-state index is 14.4. The van der Waals surface area contributed by atoms with E-state index >= 15 is 0 Å². The van der Waals surface area contributed by atoms with E-state index in [9.17, 15) is 36.6 Å². The van der Waals surface area contributed by atoms with Gasteiger partial charge in [-0.05, 0) is 42.5 Å². The van der Waals surface area contributed by atoms with Crippen LogP contribution in [0.1, 0.15) is 81.4 Å². The maximum absolute atomic E-state index is 14.4. The van der Waals surface area contributed by atoms with Crippen molar-refractivity contribution in [3.63, 3.8) is 0 Å². The van der Waals surface area contributed by atoms with Crippen LogP contribution in [-0.4, -0.2) is 66.6 Å². The number of alkyl halides is 5. The molecule has 4 aromatic rings. The minimum atomic E-state index is -5.11. The number of aliphatic carboxylic acids is 1. The van der Waals surface area contributed by atoms with E-state index in [1.165, 1.54) is 6.08 Å². The number of amides is 1. The SMILES string of the molecule is CC(C)(C)/C=C(/NC(=O)c1cnc(-c2cn(C3CCC(F)(F)CC3)c3cc(OC4CCN(c5ncccn5)CC4)ccc23)nc1C(F)(F)F)C(=O)O. The minimum absolute atomic E-state index is 0.134. The molecule has 1 saturated carbocycles. The quantitative estimate of drug-likeness (QED) is 0.140. The first-order valence-electron chi connectivity index (χ1n) is 16.9. The maximum Gasteiger partial charge on any atom is 0.434 e. The molecule has 52 heavy (non-hydrogen) atoms. The molecular weight excluding hydrogens is 689 g/mol. The van der Waals surface area contributed by atoms with E-state index in [1.807, 2.05) is 5.32 Å². The van der Waals surface area contributed by atoms with Crippen LogP contribution in [0.4, 0.5) is 27.9 Å². The summed E-state index contributed by atoms with van der Waals surface area (Å²) in [5.74, 6) is -4.88. The number of rotatable bonds is 8. The van der Waals surface area contributed by atoms with Crippen molar-refractivity contribution >= 4 is 28.7 Å². The van der Waals surface area contributed by atoms with Crippen LogP contribution in [0.15, 0.2) is 60.8 Å². The van der Waals surface area contributed by atoms with Crippen LogP contribution in [0.2, 0.25) is 0 Å². The lowest BCUT2D eigenvalue weighted by atomic mass is 9.92. The summed E-state index contributed by atoms with van der Waals surface area (Å²) in [5, 5.41) is 12.1. The Balaban J connectivity index is 1.33.